The number of hydrogen-bond donors (Lipinski definition) is 2. The number of nitrogens with zero attached hydrogens (tertiary/aromatic N) is 1. The maximum absolute atomic E-state index is 11.5. The summed E-state index contributed by atoms with van der Waals surface area (Å²) in [5, 5.41) is 2.74. The van der Waals surface area contributed by atoms with Gasteiger partial charge in [0.05, 0.1) is 6.04 Å². The molecule has 3 rings (SSSR count). The normalized spacial score (nSPS) is 16.8. The van der Waals surface area contributed by atoms with Crippen LogP contribution in [0, 0.1) is 0 Å². The molecular formula is C13H15N3O2. The van der Waals surface area contributed by atoms with E-state index in [1.165, 1.54) is 0 Å². The smallest absolute Gasteiger partial charge is 0.240 e. The van der Waals surface area contributed by atoms with Crippen molar-refractivity contribution >= 4 is 22.7 Å². The molecule has 3 N–H and O–H groups in total. The molecule has 0 spiro atoms. The molecule has 0 unspecified atom stereocenters. The average molecular weight is 245 g/mol. The molecule has 1 aliphatic carbocycles. The first-order chi connectivity index (χ1) is 8.63. The van der Waals surface area contributed by atoms with Crippen LogP contribution in [0.1, 0.15) is 31.6 Å². The number of aromatic nitrogens is 1. The summed E-state index contributed by atoms with van der Waals surface area (Å²) in [7, 11) is 0. The topological polar surface area (TPSA) is 81.2 Å². The van der Waals surface area contributed by atoms with Gasteiger partial charge in [0.25, 0.3) is 0 Å². The van der Waals surface area contributed by atoms with Crippen LogP contribution in [0.5, 0.6) is 0 Å². The lowest BCUT2D eigenvalue weighted by Crippen LogP contribution is -2.32. The molecule has 5 nitrogen and oxygen atoms in total. The van der Waals surface area contributed by atoms with E-state index in [2.05, 4.69) is 10.3 Å². The van der Waals surface area contributed by atoms with Gasteiger partial charge in [-0.2, -0.15) is 0 Å². The zero-order valence-electron chi connectivity index (χ0n) is 10.1. The lowest BCUT2D eigenvalue weighted by molar-refractivity contribution is -0.117. The van der Waals surface area contributed by atoms with Crippen LogP contribution < -0.4 is 11.1 Å². The fourth-order valence-corrected chi connectivity index (χ4v) is 1.78. The molecule has 1 aliphatic rings. The summed E-state index contributed by atoms with van der Waals surface area (Å²) in [6.45, 7) is 1.65. The van der Waals surface area contributed by atoms with Crippen LogP contribution in [0.3, 0.4) is 0 Å². The van der Waals surface area contributed by atoms with Crippen molar-refractivity contribution in [2.24, 2.45) is 5.73 Å². The highest BCUT2D eigenvalue weighted by molar-refractivity contribution is 5.95. The lowest BCUT2D eigenvalue weighted by Gasteiger charge is -2.06. The molecule has 1 amide bonds. The van der Waals surface area contributed by atoms with Crippen LogP contribution in [-0.2, 0) is 4.79 Å². The van der Waals surface area contributed by atoms with Crippen LogP contribution in [0.4, 0.5) is 5.69 Å². The number of oxazole rings is 1. The van der Waals surface area contributed by atoms with Crippen molar-refractivity contribution in [2.45, 2.75) is 31.7 Å². The Morgan fingerprint density at radius 1 is 1.56 bits per heavy atom. The van der Waals surface area contributed by atoms with Gasteiger partial charge in [-0.25, -0.2) is 4.98 Å². The molecule has 5 heteroatoms. The first-order valence-electron chi connectivity index (χ1n) is 6.10. The van der Waals surface area contributed by atoms with Gasteiger partial charge in [0.1, 0.15) is 5.52 Å². The maximum atomic E-state index is 11.5. The number of amides is 1. The van der Waals surface area contributed by atoms with Crippen molar-refractivity contribution in [1.29, 1.82) is 0 Å². The molecular weight excluding hydrogens is 230 g/mol. The largest absolute Gasteiger partial charge is 0.440 e. The molecule has 1 atom stereocenters. The van der Waals surface area contributed by atoms with Crippen LogP contribution in [0.25, 0.3) is 11.1 Å². The second kappa shape index (κ2) is 4.10. The number of hydrogen-bond acceptors (Lipinski definition) is 4. The van der Waals surface area contributed by atoms with Crippen LogP contribution in [-0.4, -0.2) is 16.9 Å². The molecule has 1 fully saturated rings. The van der Waals surface area contributed by atoms with Gasteiger partial charge in [-0.15, -0.1) is 0 Å². The molecule has 1 aromatic carbocycles. The lowest BCUT2D eigenvalue weighted by atomic mass is 10.2. The van der Waals surface area contributed by atoms with Crippen LogP contribution >= 0.6 is 0 Å². The number of nitrogens with two attached hydrogens (primary N) is 1. The van der Waals surface area contributed by atoms with Gasteiger partial charge >= 0.3 is 0 Å². The molecule has 1 heterocycles. The third kappa shape index (κ3) is 2.09. The van der Waals surface area contributed by atoms with E-state index in [0.717, 1.165) is 29.8 Å². The highest BCUT2D eigenvalue weighted by Gasteiger charge is 2.28. The van der Waals surface area contributed by atoms with Crippen molar-refractivity contribution in [1.82, 2.24) is 4.98 Å². The van der Waals surface area contributed by atoms with E-state index in [1.807, 2.05) is 12.1 Å². The summed E-state index contributed by atoms with van der Waals surface area (Å²) in [6, 6.07) is 4.90. The van der Waals surface area contributed by atoms with E-state index in [1.54, 1.807) is 13.0 Å². The third-order valence-corrected chi connectivity index (χ3v) is 3.01. The minimum absolute atomic E-state index is 0.208. The van der Waals surface area contributed by atoms with Gasteiger partial charge in [0, 0.05) is 11.6 Å². The van der Waals surface area contributed by atoms with Crippen molar-refractivity contribution in [3.63, 3.8) is 0 Å². The molecule has 2 aromatic rings. The van der Waals surface area contributed by atoms with E-state index >= 15 is 0 Å². The Labute approximate surface area is 104 Å². The average Bonchev–Trinajstić information content (AvgIpc) is 3.09. The number of fused-ring (bicyclic) bond motifs is 1. The molecule has 18 heavy (non-hydrogen) atoms. The first-order valence-corrected chi connectivity index (χ1v) is 6.10. The van der Waals surface area contributed by atoms with E-state index in [4.69, 9.17) is 10.2 Å². The van der Waals surface area contributed by atoms with E-state index in [-0.39, 0.29) is 5.91 Å². The molecule has 0 bridgehead atoms. The monoisotopic (exact) mass is 245 g/mol. The van der Waals surface area contributed by atoms with Gasteiger partial charge < -0.3 is 15.5 Å². The number of carbonyl (C=O) groups excluding carboxylic acids is 1. The Hall–Kier alpha value is -1.88. The summed E-state index contributed by atoms with van der Waals surface area (Å²) in [4.78, 5) is 15.9. The maximum Gasteiger partial charge on any atom is 0.240 e. The summed E-state index contributed by atoms with van der Waals surface area (Å²) in [6.07, 6.45) is 2.31. The van der Waals surface area contributed by atoms with Gasteiger partial charge in [-0.1, -0.05) is 0 Å². The number of rotatable bonds is 3. The first kappa shape index (κ1) is 11.2. The summed E-state index contributed by atoms with van der Waals surface area (Å²) < 4.78 is 5.65. The van der Waals surface area contributed by atoms with Crippen molar-refractivity contribution in [2.75, 3.05) is 5.32 Å². The standard InChI is InChI=1S/C13H15N3O2/c1-7(14)12(17)15-9-4-5-11-10(6-9)16-13(18-11)8-2-3-8/h4-8H,2-3,14H2,1H3,(H,15,17)/t7-/m1/s1. The predicted octanol–water partition coefficient (Wildman–Crippen LogP) is 1.99. The second-order valence-corrected chi connectivity index (χ2v) is 4.79. The predicted molar refractivity (Wildman–Crippen MR) is 68.3 cm³/mol. The number of anilines is 1. The zero-order valence-corrected chi connectivity index (χ0v) is 10.1. The Kier molecular flexibility index (Phi) is 2.56. The summed E-state index contributed by atoms with van der Waals surface area (Å²) in [5.41, 5.74) is 7.73. The van der Waals surface area contributed by atoms with Crippen molar-refractivity contribution in [3.8, 4) is 0 Å². The molecule has 1 aromatic heterocycles. The Morgan fingerprint density at radius 2 is 2.33 bits per heavy atom. The third-order valence-electron chi connectivity index (χ3n) is 3.01. The molecule has 0 aliphatic heterocycles. The van der Waals surface area contributed by atoms with E-state index in [9.17, 15) is 4.79 Å². The molecule has 0 radical (unpaired) electrons. The van der Waals surface area contributed by atoms with Crippen LogP contribution in [0.2, 0.25) is 0 Å². The molecule has 0 saturated heterocycles. The Bertz CT molecular complexity index is 599. The SMILES string of the molecule is C[C@@H](N)C(=O)Nc1ccc2oc(C3CC3)nc2c1. The minimum Gasteiger partial charge on any atom is -0.440 e. The quantitative estimate of drug-likeness (QED) is 0.866. The number of benzene rings is 1. The molecule has 94 valence electrons. The fraction of sp³-hybridized carbons (Fsp3) is 0.385. The van der Waals surface area contributed by atoms with Gasteiger partial charge in [0.15, 0.2) is 11.5 Å². The van der Waals surface area contributed by atoms with Crippen molar-refractivity contribution < 1.29 is 9.21 Å². The van der Waals surface area contributed by atoms with Crippen LogP contribution in [0.15, 0.2) is 22.6 Å². The highest BCUT2D eigenvalue weighted by Crippen LogP contribution is 2.40. The Morgan fingerprint density at radius 3 is 3.00 bits per heavy atom. The number of carbonyl (C=O) groups is 1. The molecule has 1 saturated carbocycles. The van der Waals surface area contributed by atoms with Gasteiger partial charge in [-0.3, -0.25) is 4.79 Å². The summed E-state index contributed by atoms with van der Waals surface area (Å²) in [5.74, 6) is 1.08. The Balaban J connectivity index is 1.88. The summed E-state index contributed by atoms with van der Waals surface area (Å²) >= 11 is 0. The van der Waals surface area contributed by atoms with Gasteiger partial charge in [0.2, 0.25) is 5.91 Å². The second-order valence-electron chi connectivity index (χ2n) is 4.79. The van der Waals surface area contributed by atoms with E-state index < -0.39 is 6.04 Å². The highest BCUT2D eigenvalue weighted by atomic mass is 16.3. The van der Waals surface area contributed by atoms with Crippen molar-refractivity contribution in [3.05, 3.63) is 24.1 Å². The fourth-order valence-electron chi connectivity index (χ4n) is 1.78. The van der Waals surface area contributed by atoms with Gasteiger partial charge in [-0.05, 0) is 38.0 Å². The number of nitrogens with one attached hydrogen (secondary N) is 1. The zero-order chi connectivity index (χ0) is 12.7. The minimum atomic E-state index is -0.528. The van der Waals surface area contributed by atoms with E-state index in [0.29, 0.717) is 11.6 Å².